The molecule has 0 N–H and O–H groups in total. The van der Waals surface area contributed by atoms with Crippen molar-refractivity contribution in [1.29, 1.82) is 0 Å². The van der Waals surface area contributed by atoms with Crippen LogP contribution in [-0.2, 0) is 0 Å². The maximum absolute atomic E-state index is 6.63. The number of anilines is 6. The molecule has 4 heteroatoms. The molecule has 0 unspecified atom stereocenters. The van der Waals surface area contributed by atoms with Crippen LogP contribution in [0.1, 0.15) is 0 Å². The van der Waals surface area contributed by atoms with Crippen molar-refractivity contribution in [2.24, 2.45) is 0 Å². The lowest BCUT2D eigenvalue weighted by Crippen LogP contribution is -2.10. The first-order valence-corrected chi connectivity index (χ1v) is 34.2. The molecule has 0 atom stereocenters. The fraction of sp³-hybridized carbons (Fsp3) is 0. The van der Waals surface area contributed by atoms with Gasteiger partial charge in [0.25, 0.3) is 0 Å². The van der Waals surface area contributed by atoms with Crippen molar-refractivity contribution < 1.29 is 8.83 Å². The molecule has 468 valence electrons. The zero-order valence-electron chi connectivity index (χ0n) is 54.5. The molecule has 100 heavy (non-hydrogen) atoms. The van der Waals surface area contributed by atoms with Crippen LogP contribution in [0.4, 0.5) is 34.1 Å². The zero-order chi connectivity index (χ0) is 66.0. The van der Waals surface area contributed by atoms with Gasteiger partial charge in [0.15, 0.2) is 0 Å². The number of fused-ring (bicyclic) bond motifs is 16. The second-order valence-corrected chi connectivity index (χ2v) is 25.8. The summed E-state index contributed by atoms with van der Waals surface area (Å²) >= 11 is 0. The molecule has 18 aromatic carbocycles. The van der Waals surface area contributed by atoms with E-state index in [1.807, 2.05) is 12.1 Å². The van der Waals surface area contributed by atoms with E-state index in [9.17, 15) is 0 Å². The van der Waals surface area contributed by atoms with E-state index in [1.54, 1.807) is 0 Å². The summed E-state index contributed by atoms with van der Waals surface area (Å²) in [5.74, 6) is 0. The van der Waals surface area contributed by atoms with Crippen LogP contribution >= 0.6 is 0 Å². The molecule has 0 radical (unpaired) electrons. The van der Waals surface area contributed by atoms with E-state index in [-0.39, 0.29) is 0 Å². The van der Waals surface area contributed by atoms with E-state index in [0.717, 1.165) is 99.5 Å². The Kier molecular flexibility index (Phi) is 14.2. The highest BCUT2D eigenvalue weighted by Gasteiger charge is 2.25. The minimum Gasteiger partial charge on any atom is -0.455 e. The van der Waals surface area contributed by atoms with Crippen molar-refractivity contribution in [3.63, 3.8) is 0 Å². The highest BCUT2D eigenvalue weighted by Crippen LogP contribution is 2.50. The van der Waals surface area contributed by atoms with Crippen molar-refractivity contribution >= 4 is 143 Å². The summed E-state index contributed by atoms with van der Waals surface area (Å²) in [5, 5.41) is 19.1. The van der Waals surface area contributed by atoms with Crippen LogP contribution in [0.3, 0.4) is 0 Å². The van der Waals surface area contributed by atoms with Gasteiger partial charge in [-0.05, 0) is 183 Å². The minimum absolute atomic E-state index is 0.887. The van der Waals surface area contributed by atoms with Crippen LogP contribution in [0.2, 0.25) is 0 Å². The van der Waals surface area contributed by atoms with Crippen molar-refractivity contribution in [1.82, 2.24) is 0 Å². The zero-order valence-corrected chi connectivity index (χ0v) is 54.5. The van der Waals surface area contributed by atoms with Gasteiger partial charge in [0.2, 0.25) is 0 Å². The molecule has 0 saturated heterocycles. The highest BCUT2D eigenvalue weighted by atomic mass is 16.3. The van der Waals surface area contributed by atoms with Gasteiger partial charge in [0.1, 0.15) is 22.3 Å². The minimum atomic E-state index is 0.887. The second-order valence-electron chi connectivity index (χ2n) is 25.8. The standard InChI is InChI=1S/2C48H31NO/c1-2-12-32(13-3-1)33-22-26-37(27-23-33)49(45-31-36-15-5-7-17-40(36)48-47(45)43-20-10-11-21-46(43)50-48)38-28-24-34(25-29-38)44-30-35-14-4-6-16-39(35)41-18-8-9-19-42(41)44;1-2-11-32(12-3-1)35-15-10-16-40(30-35)49(45-31-37-14-5-7-18-43(37)48-47(45)44-19-8-9-20-46(44)50-48)39-26-23-33(24-27-39)36-25-28-42-38(29-36)22-21-34-13-4-6-17-41(34)42/h2*1-31H. The maximum Gasteiger partial charge on any atom is 0.145 e. The molecule has 0 aliphatic carbocycles. The Labute approximate surface area is 578 Å². The molecular formula is C96H62N2O2. The number of hydrogen-bond acceptors (Lipinski definition) is 4. The summed E-state index contributed by atoms with van der Waals surface area (Å²) in [6.07, 6.45) is 0. The van der Waals surface area contributed by atoms with E-state index >= 15 is 0 Å². The summed E-state index contributed by atoms with van der Waals surface area (Å²) in [7, 11) is 0. The number of nitrogens with zero attached hydrogens (tertiary/aromatic N) is 2. The third kappa shape index (κ3) is 10.2. The van der Waals surface area contributed by atoms with Gasteiger partial charge in [-0.3, -0.25) is 0 Å². The van der Waals surface area contributed by atoms with E-state index < -0.39 is 0 Å². The SMILES string of the molecule is c1ccc(-c2ccc(N(c3ccc(-c4cc5ccccc5c5ccccc45)cc3)c3cc4ccccc4c4oc5ccccc5c34)cc2)cc1.c1ccc(-c2cccc(N(c3ccc(-c4ccc5c(ccc6ccccc65)c4)cc3)c3cc4ccccc4c4oc5ccccc5c34)c2)cc1. The lowest BCUT2D eigenvalue weighted by atomic mass is 9.93. The fourth-order valence-electron chi connectivity index (χ4n) is 15.3. The van der Waals surface area contributed by atoms with Gasteiger partial charge in [-0.25, -0.2) is 0 Å². The highest BCUT2D eigenvalue weighted by molar-refractivity contribution is 6.24. The van der Waals surface area contributed by atoms with Gasteiger partial charge in [-0.2, -0.15) is 0 Å². The molecule has 0 bridgehead atoms. The molecule has 20 rings (SSSR count). The maximum atomic E-state index is 6.63. The molecule has 0 fully saturated rings. The van der Waals surface area contributed by atoms with Gasteiger partial charge >= 0.3 is 0 Å². The summed E-state index contributed by atoms with van der Waals surface area (Å²) in [4.78, 5) is 4.77. The number of hydrogen-bond donors (Lipinski definition) is 0. The quantitative estimate of drug-likeness (QED) is 0.128. The fourth-order valence-corrected chi connectivity index (χ4v) is 15.3. The first-order chi connectivity index (χ1) is 49.6. The predicted octanol–water partition coefficient (Wildman–Crippen LogP) is 27.7. The number of furan rings is 2. The van der Waals surface area contributed by atoms with Crippen LogP contribution in [0.5, 0.6) is 0 Å². The summed E-state index contributed by atoms with van der Waals surface area (Å²) in [5.41, 5.74) is 19.6. The summed E-state index contributed by atoms with van der Waals surface area (Å²) in [6.45, 7) is 0. The molecule has 0 saturated carbocycles. The van der Waals surface area contributed by atoms with Gasteiger partial charge < -0.3 is 18.6 Å². The Bertz CT molecular complexity index is 6510. The van der Waals surface area contributed by atoms with Crippen molar-refractivity contribution in [2.45, 2.75) is 0 Å². The first-order valence-electron chi connectivity index (χ1n) is 34.2. The van der Waals surface area contributed by atoms with E-state index in [1.165, 1.54) is 87.6 Å². The molecule has 4 nitrogen and oxygen atoms in total. The lowest BCUT2D eigenvalue weighted by molar-refractivity contribution is 0.672. The summed E-state index contributed by atoms with van der Waals surface area (Å²) < 4.78 is 13.3. The topological polar surface area (TPSA) is 32.8 Å². The molecule has 2 heterocycles. The molecular weight excluding hydrogens is 1210 g/mol. The van der Waals surface area contributed by atoms with Crippen LogP contribution in [0.25, 0.3) is 153 Å². The van der Waals surface area contributed by atoms with E-state index in [4.69, 9.17) is 8.83 Å². The second kappa shape index (κ2) is 24.4. The predicted molar refractivity (Wildman–Crippen MR) is 424 cm³/mol. The van der Waals surface area contributed by atoms with Gasteiger partial charge in [0.05, 0.1) is 22.1 Å². The Hall–Kier alpha value is -13.3. The van der Waals surface area contributed by atoms with Crippen LogP contribution in [0, 0.1) is 0 Å². The smallest absolute Gasteiger partial charge is 0.145 e. The number of benzene rings is 18. The monoisotopic (exact) mass is 1270 g/mol. The van der Waals surface area contributed by atoms with E-state index in [0.29, 0.717) is 0 Å². The molecule has 0 amide bonds. The van der Waals surface area contributed by atoms with Crippen LogP contribution < -0.4 is 9.80 Å². The molecule has 20 aromatic rings. The average Bonchev–Trinajstić information content (AvgIpc) is 1.53. The molecule has 0 aliphatic heterocycles. The lowest BCUT2D eigenvalue weighted by Gasteiger charge is -2.27. The van der Waals surface area contributed by atoms with Gasteiger partial charge in [-0.1, -0.05) is 291 Å². The Morgan fingerprint density at radius 2 is 0.530 bits per heavy atom. The third-order valence-electron chi connectivity index (χ3n) is 20.0. The van der Waals surface area contributed by atoms with Gasteiger partial charge in [0, 0.05) is 44.3 Å². The Morgan fingerprint density at radius 1 is 0.180 bits per heavy atom. The molecule has 2 aromatic heterocycles. The molecule has 0 spiro atoms. The summed E-state index contributed by atoms with van der Waals surface area (Å²) in [6, 6.07) is 135. The number of para-hydroxylation sites is 2. The van der Waals surface area contributed by atoms with Crippen molar-refractivity contribution in [2.75, 3.05) is 9.80 Å². The van der Waals surface area contributed by atoms with Gasteiger partial charge in [-0.15, -0.1) is 0 Å². The Morgan fingerprint density at radius 3 is 1.09 bits per heavy atom. The van der Waals surface area contributed by atoms with Crippen molar-refractivity contribution in [3.8, 4) is 44.5 Å². The normalized spacial score (nSPS) is 11.6. The van der Waals surface area contributed by atoms with Crippen LogP contribution in [-0.4, -0.2) is 0 Å². The largest absolute Gasteiger partial charge is 0.455 e. The van der Waals surface area contributed by atoms with Crippen LogP contribution in [0.15, 0.2) is 385 Å². The third-order valence-corrected chi connectivity index (χ3v) is 20.0. The van der Waals surface area contributed by atoms with Crippen molar-refractivity contribution in [3.05, 3.63) is 376 Å². The molecule has 0 aliphatic rings. The van der Waals surface area contributed by atoms with E-state index in [2.05, 4.69) is 374 Å². The Balaban J connectivity index is 0.000000139. The average molecular weight is 1280 g/mol. The number of rotatable bonds is 10. The first kappa shape index (κ1) is 58.1.